The van der Waals surface area contributed by atoms with Crippen LogP contribution in [0.4, 0.5) is 4.79 Å². The summed E-state index contributed by atoms with van der Waals surface area (Å²) >= 11 is 0. The van der Waals surface area contributed by atoms with Crippen molar-refractivity contribution in [3.05, 3.63) is 81.4 Å². The second kappa shape index (κ2) is 11.0. The lowest BCUT2D eigenvalue weighted by molar-refractivity contribution is 0.0196. The highest BCUT2D eigenvalue weighted by molar-refractivity contribution is 5.95. The molecule has 2 unspecified atom stereocenters. The number of benzene rings is 2. The van der Waals surface area contributed by atoms with Crippen molar-refractivity contribution in [1.29, 1.82) is 5.26 Å². The zero-order valence-corrected chi connectivity index (χ0v) is 23.0. The second-order valence-corrected chi connectivity index (χ2v) is 11.3. The van der Waals surface area contributed by atoms with Crippen LogP contribution in [0.1, 0.15) is 67.4 Å². The first-order valence-electron chi connectivity index (χ1n) is 13.6. The molecule has 0 aromatic heterocycles. The van der Waals surface area contributed by atoms with Gasteiger partial charge in [0.05, 0.1) is 18.2 Å². The number of fused-ring (bicyclic) bond motifs is 1. The highest BCUT2D eigenvalue weighted by Crippen LogP contribution is 2.38. The van der Waals surface area contributed by atoms with Gasteiger partial charge in [-0.3, -0.25) is 4.79 Å². The van der Waals surface area contributed by atoms with Crippen molar-refractivity contribution in [3.8, 4) is 17.2 Å². The summed E-state index contributed by atoms with van der Waals surface area (Å²) < 4.78 is 5.54. The number of hydrazine groups is 1. The number of hydrogen-bond donors (Lipinski definition) is 1. The fourth-order valence-electron chi connectivity index (χ4n) is 5.64. The fourth-order valence-corrected chi connectivity index (χ4v) is 5.64. The fraction of sp³-hybridized carbons (Fsp3) is 0.433. The van der Waals surface area contributed by atoms with Gasteiger partial charge < -0.3 is 9.64 Å². The van der Waals surface area contributed by atoms with Crippen LogP contribution >= 0.6 is 0 Å². The number of nitrogens with zero attached hydrogens (tertiary/aromatic N) is 6. The lowest BCUT2D eigenvalue weighted by Crippen LogP contribution is -2.48. The molecule has 0 spiro atoms. The van der Waals surface area contributed by atoms with Crippen LogP contribution in [0.15, 0.2) is 59.4 Å². The molecule has 0 radical (unpaired) electrons. The maximum absolute atomic E-state index is 13.8. The predicted octanol–water partition coefficient (Wildman–Crippen LogP) is 5.99. The molecule has 2 aliphatic carbocycles. The van der Waals surface area contributed by atoms with E-state index in [2.05, 4.69) is 21.5 Å². The molecule has 0 saturated heterocycles. The molecule has 2 aromatic carbocycles. The molecular formula is C30H33N7O3. The van der Waals surface area contributed by atoms with E-state index in [1.807, 2.05) is 54.3 Å². The monoisotopic (exact) mass is 539 g/mol. The Morgan fingerprint density at radius 3 is 2.58 bits per heavy atom. The molecule has 2 amide bonds. The minimum atomic E-state index is -0.931. The van der Waals surface area contributed by atoms with E-state index in [4.69, 9.17) is 10.3 Å². The maximum Gasteiger partial charge on any atom is 0.429 e. The third kappa shape index (κ3) is 5.67. The molecule has 2 atom stereocenters. The first kappa shape index (κ1) is 27.3. The van der Waals surface area contributed by atoms with Crippen LogP contribution in [0.25, 0.3) is 21.6 Å². The number of aryl methyl sites for hydroxylation is 1. The summed E-state index contributed by atoms with van der Waals surface area (Å²) in [6.07, 6.45) is 5.52. The number of carbonyl (C=O) groups excluding carboxylic acids is 2. The van der Waals surface area contributed by atoms with E-state index in [-0.39, 0.29) is 30.6 Å². The van der Waals surface area contributed by atoms with Crippen molar-refractivity contribution in [3.63, 3.8) is 0 Å². The van der Waals surface area contributed by atoms with Gasteiger partial charge in [-0.15, -0.1) is 0 Å². The molecule has 2 fully saturated rings. The Hall–Kier alpha value is -4.32. The van der Waals surface area contributed by atoms with Crippen LogP contribution in [0, 0.1) is 18.3 Å². The first-order valence-corrected chi connectivity index (χ1v) is 13.6. The molecule has 10 nitrogen and oxygen atoms in total. The van der Waals surface area contributed by atoms with Gasteiger partial charge in [-0.1, -0.05) is 29.4 Å². The van der Waals surface area contributed by atoms with Crippen LogP contribution in [0.3, 0.4) is 0 Å². The van der Waals surface area contributed by atoms with Gasteiger partial charge in [0.2, 0.25) is 0 Å². The average Bonchev–Trinajstić information content (AvgIpc) is 3.68. The smallest absolute Gasteiger partial charge is 0.429 e. The number of carbonyl (C=O) groups is 2. The normalized spacial score (nSPS) is 20.1. The second-order valence-electron chi connectivity index (χ2n) is 11.3. The Morgan fingerprint density at radius 2 is 1.90 bits per heavy atom. The highest BCUT2D eigenvalue weighted by Gasteiger charge is 2.42. The number of nitriles is 1. The molecule has 3 aliphatic rings. The Morgan fingerprint density at radius 1 is 1.18 bits per heavy atom. The third-order valence-corrected chi connectivity index (χ3v) is 7.75. The van der Waals surface area contributed by atoms with Crippen molar-refractivity contribution in [2.45, 2.75) is 76.6 Å². The lowest BCUT2D eigenvalue weighted by Gasteiger charge is -2.37. The molecule has 1 N–H and O–H groups in total. The summed E-state index contributed by atoms with van der Waals surface area (Å²) in [6.45, 7) is 5.41. The molecule has 206 valence electrons. The van der Waals surface area contributed by atoms with E-state index in [1.54, 1.807) is 20.0 Å². The van der Waals surface area contributed by atoms with E-state index in [1.165, 1.54) is 5.01 Å². The van der Waals surface area contributed by atoms with Gasteiger partial charge in [-0.25, -0.2) is 15.2 Å². The number of nitrogens with one attached hydrogen (secondary N) is 1. The standard InChI is InChI=1S/C30H33N7O3/c1-19-5-4-6-22(16-31)27(19)20-7-9-21(10-8-20)28(38)37(24-11-12-24)25-13-14-26-23(15-25)17-36(34-26)29(39)40-30(2,3)18-33-35-32/h4-10,17,24-26,34H,11-15,18H2,1-3H3. The first-order chi connectivity index (χ1) is 19.2. The van der Waals surface area contributed by atoms with Gasteiger partial charge in [0.1, 0.15) is 5.60 Å². The van der Waals surface area contributed by atoms with E-state index in [0.717, 1.165) is 47.9 Å². The Bertz CT molecular complexity index is 1430. The Labute approximate surface area is 233 Å². The van der Waals surface area contributed by atoms with Crippen LogP contribution in [0.2, 0.25) is 0 Å². The molecule has 5 rings (SSSR count). The number of hydrogen-bond acceptors (Lipinski definition) is 6. The van der Waals surface area contributed by atoms with Crippen molar-refractivity contribution in [1.82, 2.24) is 15.3 Å². The zero-order valence-electron chi connectivity index (χ0n) is 23.0. The van der Waals surface area contributed by atoms with Crippen molar-refractivity contribution in [2.24, 2.45) is 5.11 Å². The highest BCUT2D eigenvalue weighted by atomic mass is 16.6. The summed E-state index contributed by atoms with van der Waals surface area (Å²) in [6, 6.07) is 15.8. The molecular weight excluding hydrogens is 506 g/mol. The van der Waals surface area contributed by atoms with Crippen molar-refractivity contribution < 1.29 is 14.3 Å². The quantitative estimate of drug-likeness (QED) is 0.262. The molecule has 2 aromatic rings. The SMILES string of the molecule is Cc1cccc(C#N)c1-c1ccc(C(=O)N(C2CC2)C2CCC3NN(C(=O)OC(C)(C)CN=[N+]=[N-])C=C3C2)cc1. The van der Waals surface area contributed by atoms with Gasteiger partial charge in [0.25, 0.3) is 5.91 Å². The van der Waals surface area contributed by atoms with Crippen molar-refractivity contribution in [2.75, 3.05) is 6.54 Å². The largest absolute Gasteiger partial charge is 0.442 e. The molecule has 0 bridgehead atoms. The molecule has 1 aliphatic heterocycles. The van der Waals surface area contributed by atoms with Crippen LogP contribution < -0.4 is 5.43 Å². The summed E-state index contributed by atoms with van der Waals surface area (Å²) in [5.74, 6) is 0.0189. The lowest BCUT2D eigenvalue weighted by atomic mass is 9.86. The van der Waals surface area contributed by atoms with E-state index < -0.39 is 11.7 Å². The summed E-state index contributed by atoms with van der Waals surface area (Å²) in [5.41, 5.74) is 16.0. The molecule has 1 heterocycles. The maximum atomic E-state index is 13.8. The van der Waals surface area contributed by atoms with Crippen molar-refractivity contribution >= 4 is 12.0 Å². The van der Waals surface area contributed by atoms with E-state index >= 15 is 0 Å². The van der Waals surface area contributed by atoms with Gasteiger partial charge in [0.15, 0.2) is 0 Å². The zero-order chi connectivity index (χ0) is 28.4. The number of ether oxygens (including phenoxy) is 1. The molecule has 10 heteroatoms. The number of azide groups is 1. The number of amides is 2. The van der Waals surface area contributed by atoms with Crippen LogP contribution in [-0.4, -0.2) is 52.2 Å². The van der Waals surface area contributed by atoms with E-state index in [9.17, 15) is 14.9 Å². The van der Waals surface area contributed by atoms with Gasteiger partial charge >= 0.3 is 6.09 Å². The van der Waals surface area contributed by atoms with E-state index in [0.29, 0.717) is 17.5 Å². The summed E-state index contributed by atoms with van der Waals surface area (Å²) in [7, 11) is 0. The predicted molar refractivity (Wildman–Crippen MR) is 150 cm³/mol. The number of rotatable bonds is 7. The molecule has 40 heavy (non-hydrogen) atoms. The van der Waals surface area contributed by atoms with Crippen LogP contribution in [-0.2, 0) is 4.74 Å². The van der Waals surface area contributed by atoms with Crippen LogP contribution in [0.5, 0.6) is 0 Å². The summed E-state index contributed by atoms with van der Waals surface area (Å²) in [4.78, 5) is 31.3. The summed E-state index contributed by atoms with van der Waals surface area (Å²) in [5, 5.41) is 14.4. The Kier molecular flexibility index (Phi) is 7.53. The Balaban J connectivity index is 1.30. The third-order valence-electron chi connectivity index (χ3n) is 7.75. The van der Waals surface area contributed by atoms with Gasteiger partial charge in [-0.05, 0) is 93.3 Å². The minimum Gasteiger partial charge on any atom is -0.442 e. The topological polar surface area (TPSA) is 134 Å². The minimum absolute atomic E-state index is 0.0166. The molecule has 2 saturated carbocycles. The average molecular weight is 540 g/mol. The van der Waals surface area contributed by atoms with Gasteiger partial charge in [-0.2, -0.15) is 5.26 Å². The van der Waals surface area contributed by atoms with Gasteiger partial charge in [0, 0.05) is 40.4 Å².